The van der Waals surface area contributed by atoms with E-state index in [1.165, 1.54) is 11.3 Å². The Balaban J connectivity index is 1.92. The van der Waals surface area contributed by atoms with Gasteiger partial charge >= 0.3 is 0 Å². The number of carbonyl (C=O) groups is 1. The molecule has 0 spiro atoms. The van der Waals surface area contributed by atoms with Crippen molar-refractivity contribution in [2.24, 2.45) is 0 Å². The van der Waals surface area contributed by atoms with E-state index in [2.05, 4.69) is 38.8 Å². The van der Waals surface area contributed by atoms with Crippen LogP contribution in [0.1, 0.15) is 46.6 Å². The number of hydrogen-bond donors (Lipinski definition) is 0. The van der Waals surface area contributed by atoms with Crippen LogP contribution in [0, 0.1) is 0 Å². The van der Waals surface area contributed by atoms with Crippen LogP contribution in [-0.2, 0) is 19.4 Å². The molecule has 0 amide bonds. The minimum atomic E-state index is -0.166. The van der Waals surface area contributed by atoms with Gasteiger partial charge in [0.2, 0.25) is 0 Å². The van der Waals surface area contributed by atoms with E-state index in [1.807, 2.05) is 12.1 Å². The minimum Gasteiger partial charge on any atom is -0.452 e. The van der Waals surface area contributed by atoms with Crippen LogP contribution in [-0.4, -0.2) is 20.2 Å². The van der Waals surface area contributed by atoms with Gasteiger partial charge in [0.05, 0.1) is 21.6 Å². The van der Waals surface area contributed by atoms with Crippen molar-refractivity contribution in [3.63, 3.8) is 0 Å². The summed E-state index contributed by atoms with van der Waals surface area (Å²) in [6.07, 6.45) is 3.00. The maximum atomic E-state index is 13.3. The van der Waals surface area contributed by atoms with E-state index in [4.69, 9.17) is 9.40 Å². The maximum Gasteiger partial charge on any atom is 0.262 e. The summed E-state index contributed by atoms with van der Waals surface area (Å²) in [7, 11) is 0. The Kier molecular flexibility index (Phi) is 4.92. The fourth-order valence-electron chi connectivity index (χ4n) is 3.33. The highest BCUT2D eigenvalue weighted by Crippen LogP contribution is 2.36. The van der Waals surface area contributed by atoms with E-state index < -0.39 is 0 Å². The maximum absolute atomic E-state index is 13.3. The topological polar surface area (TPSA) is 65.1 Å². The van der Waals surface area contributed by atoms with Gasteiger partial charge in [-0.3, -0.25) is 14.2 Å². The number of Topliss-reactive ketones (excluding diaryl/α,β-unsaturated/α-hetero) is 1. The largest absolute Gasteiger partial charge is 0.452 e. The fraction of sp³-hybridized carbons (Fsp3) is 0.389. The Morgan fingerprint density at radius 3 is 2.88 bits per heavy atom. The molecule has 0 aliphatic heterocycles. The SMILES string of the molecule is CCCc1nc2sc3c(c2c(=O)n1Cc1ccc(Br)o1)CCC(Br)C3=O. The minimum absolute atomic E-state index is 0.0622. The molecular formula is C18H16Br2N2O3S. The molecule has 5 nitrogen and oxygen atoms in total. The zero-order valence-electron chi connectivity index (χ0n) is 14.1. The Morgan fingerprint density at radius 2 is 2.19 bits per heavy atom. The quantitative estimate of drug-likeness (QED) is 0.488. The molecule has 8 heteroatoms. The lowest BCUT2D eigenvalue weighted by Crippen LogP contribution is -2.27. The average molecular weight is 500 g/mol. The van der Waals surface area contributed by atoms with Gasteiger partial charge in [-0.05, 0) is 52.9 Å². The number of aromatic nitrogens is 2. The molecule has 1 aliphatic rings. The highest BCUT2D eigenvalue weighted by molar-refractivity contribution is 9.10. The number of fused-ring (bicyclic) bond motifs is 3. The van der Waals surface area contributed by atoms with Crippen molar-refractivity contribution in [3.05, 3.63) is 49.2 Å². The van der Waals surface area contributed by atoms with Gasteiger partial charge in [-0.2, -0.15) is 0 Å². The zero-order valence-corrected chi connectivity index (χ0v) is 18.0. The second kappa shape index (κ2) is 7.05. The third-order valence-electron chi connectivity index (χ3n) is 4.56. The summed E-state index contributed by atoms with van der Waals surface area (Å²) in [6.45, 7) is 2.39. The second-order valence-corrected chi connectivity index (χ2v) is 9.22. The van der Waals surface area contributed by atoms with Crippen molar-refractivity contribution >= 4 is 59.2 Å². The number of halogens is 2. The molecule has 0 saturated heterocycles. The summed E-state index contributed by atoms with van der Waals surface area (Å²) < 4.78 is 7.91. The van der Waals surface area contributed by atoms with E-state index in [0.29, 0.717) is 51.3 Å². The molecule has 3 heterocycles. The molecule has 0 fully saturated rings. The third kappa shape index (κ3) is 3.01. The van der Waals surface area contributed by atoms with Gasteiger partial charge in [0.1, 0.15) is 16.4 Å². The van der Waals surface area contributed by atoms with Crippen LogP contribution in [0.5, 0.6) is 0 Å². The van der Waals surface area contributed by atoms with E-state index in [1.54, 1.807) is 4.57 Å². The normalized spacial score (nSPS) is 17.0. The van der Waals surface area contributed by atoms with E-state index in [0.717, 1.165) is 17.8 Å². The van der Waals surface area contributed by atoms with Crippen LogP contribution in [0.2, 0.25) is 0 Å². The number of rotatable bonds is 4. The number of alkyl halides is 1. The molecular weight excluding hydrogens is 484 g/mol. The van der Waals surface area contributed by atoms with Gasteiger partial charge in [-0.25, -0.2) is 4.98 Å². The lowest BCUT2D eigenvalue weighted by molar-refractivity contribution is 0.0986. The molecule has 0 radical (unpaired) electrons. The monoisotopic (exact) mass is 498 g/mol. The molecule has 0 bridgehead atoms. The predicted octanol–water partition coefficient (Wildman–Crippen LogP) is 4.71. The Bertz CT molecular complexity index is 1070. The molecule has 0 N–H and O–H groups in total. The fourth-order valence-corrected chi connectivity index (χ4v) is 5.51. The van der Waals surface area contributed by atoms with Crippen LogP contribution in [0.15, 0.2) is 26.0 Å². The Hall–Kier alpha value is -1.25. The molecule has 0 aromatic carbocycles. The summed E-state index contributed by atoms with van der Waals surface area (Å²) >= 11 is 8.08. The first kappa shape index (κ1) is 18.1. The molecule has 3 aromatic heterocycles. The number of hydrogen-bond acceptors (Lipinski definition) is 5. The van der Waals surface area contributed by atoms with E-state index in [9.17, 15) is 9.59 Å². The summed E-state index contributed by atoms with van der Waals surface area (Å²) in [4.78, 5) is 31.7. The molecule has 1 aliphatic carbocycles. The van der Waals surface area contributed by atoms with E-state index >= 15 is 0 Å². The number of furan rings is 1. The number of thiophene rings is 1. The van der Waals surface area contributed by atoms with Gasteiger partial charge in [0.15, 0.2) is 10.5 Å². The lowest BCUT2D eigenvalue weighted by Gasteiger charge is -2.15. The first-order chi connectivity index (χ1) is 12.5. The molecule has 4 rings (SSSR count). The van der Waals surface area contributed by atoms with Crippen LogP contribution < -0.4 is 5.56 Å². The van der Waals surface area contributed by atoms with Crippen LogP contribution in [0.25, 0.3) is 10.2 Å². The van der Waals surface area contributed by atoms with E-state index in [-0.39, 0.29) is 16.2 Å². The lowest BCUT2D eigenvalue weighted by atomic mass is 9.96. The molecule has 26 heavy (non-hydrogen) atoms. The van der Waals surface area contributed by atoms with Gasteiger partial charge in [0.25, 0.3) is 5.56 Å². The third-order valence-corrected chi connectivity index (χ3v) is 7.00. The van der Waals surface area contributed by atoms with Crippen molar-refractivity contribution in [3.8, 4) is 0 Å². The van der Waals surface area contributed by atoms with Crippen molar-refractivity contribution in [1.82, 2.24) is 9.55 Å². The molecule has 1 atom stereocenters. The van der Waals surface area contributed by atoms with Crippen LogP contribution >= 0.6 is 43.2 Å². The van der Waals surface area contributed by atoms with Gasteiger partial charge in [0, 0.05) is 6.42 Å². The first-order valence-corrected chi connectivity index (χ1v) is 11.0. The van der Waals surface area contributed by atoms with Crippen molar-refractivity contribution in [1.29, 1.82) is 0 Å². The molecule has 3 aromatic rings. The highest BCUT2D eigenvalue weighted by Gasteiger charge is 2.31. The number of carbonyl (C=O) groups excluding carboxylic acids is 1. The van der Waals surface area contributed by atoms with Crippen molar-refractivity contribution in [2.45, 2.75) is 44.0 Å². The van der Waals surface area contributed by atoms with Crippen LogP contribution in [0.3, 0.4) is 0 Å². The predicted molar refractivity (Wildman–Crippen MR) is 109 cm³/mol. The number of ketones is 1. The smallest absolute Gasteiger partial charge is 0.262 e. The van der Waals surface area contributed by atoms with Crippen molar-refractivity contribution in [2.75, 3.05) is 0 Å². The average Bonchev–Trinajstić information content (AvgIpc) is 3.18. The van der Waals surface area contributed by atoms with Gasteiger partial charge in [-0.1, -0.05) is 22.9 Å². The number of nitrogens with zero attached hydrogens (tertiary/aromatic N) is 2. The van der Waals surface area contributed by atoms with Gasteiger partial charge < -0.3 is 4.42 Å². The van der Waals surface area contributed by atoms with Crippen molar-refractivity contribution < 1.29 is 9.21 Å². The molecule has 136 valence electrons. The zero-order chi connectivity index (χ0) is 18.4. The molecule has 0 saturated carbocycles. The summed E-state index contributed by atoms with van der Waals surface area (Å²) in [5.74, 6) is 1.49. The van der Waals surface area contributed by atoms with Crippen LogP contribution in [0.4, 0.5) is 0 Å². The number of aryl methyl sites for hydroxylation is 2. The second-order valence-electron chi connectivity index (χ2n) is 6.34. The summed E-state index contributed by atoms with van der Waals surface area (Å²) in [5.41, 5.74) is 0.782. The Morgan fingerprint density at radius 1 is 1.38 bits per heavy atom. The molecule has 1 unspecified atom stereocenters. The highest BCUT2D eigenvalue weighted by atomic mass is 79.9. The Labute approximate surface area is 170 Å². The first-order valence-electron chi connectivity index (χ1n) is 8.47. The summed E-state index contributed by atoms with van der Waals surface area (Å²) in [6, 6.07) is 3.66. The summed E-state index contributed by atoms with van der Waals surface area (Å²) in [5, 5.41) is 0.600. The standard InChI is InChI=1S/C18H16Br2N2O3S/c1-2-3-13-21-17-14(10-5-6-11(19)15(23)16(10)26-17)18(24)22(13)8-9-4-7-12(20)25-9/h4,7,11H,2-3,5-6,8H2,1H3. The van der Waals surface area contributed by atoms with Gasteiger partial charge in [-0.15, -0.1) is 11.3 Å².